The molecule has 0 radical (unpaired) electrons. The van der Waals surface area contributed by atoms with Gasteiger partial charge in [0, 0.05) is 0 Å². The molecule has 0 saturated carbocycles. The largest absolute Gasteiger partial charge is 0.297 e. The minimum absolute atomic E-state index is 0.227. The maximum absolute atomic E-state index is 12.9. The minimum atomic E-state index is -3.80. The van der Waals surface area contributed by atoms with Crippen molar-refractivity contribution in [2.75, 3.05) is 0 Å². The van der Waals surface area contributed by atoms with Crippen LogP contribution in [0.15, 0.2) is 59.5 Å². The van der Waals surface area contributed by atoms with Gasteiger partial charge >= 0.3 is 0 Å². The molecule has 3 nitrogen and oxygen atoms in total. The van der Waals surface area contributed by atoms with Crippen LogP contribution in [0.2, 0.25) is 18.1 Å². The lowest BCUT2D eigenvalue weighted by Crippen LogP contribution is -2.42. The zero-order valence-corrected chi connectivity index (χ0v) is 17.3. The highest BCUT2D eigenvalue weighted by atomic mass is 32.2. The highest BCUT2D eigenvalue weighted by Gasteiger charge is 2.41. The van der Waals surface area contributed by atoms with Crippen LogP contribution in [0.4, 0.5) is 0 Å². The van der Waals surface area contributed by atoms with Crippen LogP contribution >= 0.6 is 0 Å². The highest BCUT2D eigenvalue weighted by molar-refractivity contribution is 7.86. The van der Waals surface area contributed by atoms with Crippen molar-refractivity contribution in [3.05, 3.63) is 65.7 Å². The van der Waals surface area contributed by atoms with E-state index in [4.69, 9.17) is 4.18 Å². The maximum atomic E-state index is 12.9. The Morgan fingerprint density at radius 2 is 1.40 bits per heavy atom. The van der Waals surface area contributed by atoms with Crippen molar-refractivity contribution in [2.24, 2.45) is 0 Å². The van der Waals surface area contributed by atoms with Crippen LogP contribution < -0.4 is 0 Å². The van der Waals surface area contributed by atoms with Crippen molar-refractivity contribution < 1.29 is 12.6 Å². The van der Waals surface area contributed by atoms with E-state index in [9.17, 15) is 8.42 Å². The standard InChI is InChI=1S/C20H28O3SSi/c1-5-25(6-2,7-3)20(18-11-9-8-10-12-18)23-24(21,22)19-15-13-17(4)14-16-19/h8-16,20H,5-7H2,1-4H3. The molecule has 0 aliphatic carbocycles. The molecule has 0 N–H and O–H groups in total. The summed E-state index contributed by atoms with van der Waals surface area (Å²) in [7, 11) is -5.75. The molecule has 5 heteroatoms. The number of aryl methyl sites for hydroxylation is 1. The minimum Gasteiger partial charge on any atom is -0.262 e. The molecule has 0 amide bonds. The first-order valence-electron chi connectivity index (χ1n) is 8.93. The maximum Gasteiger partial charge on any atom is 0.297 e. The topological polar surface area (TPSA) is 43.4 Å². The Morgan fingerprint density at radius 1 is 0.880 bits per heavy atom. The Labute approximate surface area is 153 Å². The van der Waals surface area contributed by atoms with Gasteiger partial charge in [-0.05, 0) is 24.6 Å². The third-order valence-corrected chi connectivity index (χ3v) is 12.6. The predicted molar refractivity (Wildman–Crippen MR) is 106 cm³/mol. The molecule has 0 bridgehead atoms. The number of hydrogen-bond donors (Lipinski definition) is 0. The smallest absolute Gasteiger partial charge is 0.262 e. The molecule has 1 atom stereocenters. The highest BCUT2D eigenvalue weighted by Crippen LogP contribution is 2.39. The molecule has 0 aromatic heterocycles. The van der Waals surface area contributed by atoms with Crippen LogP contribution in [-0.4, -0.2) is 16.5 Å². The van der Waals surface area contributed by atoms with Gasteiger partial charge in [0.25, 0.3) is 10.1 Å². The summed E-state index contributed by atoms with van der Waals surface area (Å²) in [6.07, 6.45) is 0. The summed E-state index contributed by atoms with van der Waals surface area (Å²) in [6.45, 7) is 8.43. The third-order valence-electron chi connectivity index (χ3n) is 5.30. The van der Waals surface area contributed by atoms with Gasteiger partial charge in [0.2, 0.25) is 0 Å². The van der Waals surface area contributed by atoms with Gasteiger partial charge in [0.05, 0.1) is 18.7 Å². The van der Waals surface area contributed by atoms with Crippen LogP contribution in [0.5, 0.6) is 0 Å². The average molecular weight is 377 g/mol. The molecule has 0 aliphatic heterocycles. The van der Waals surface area contributed by atoms with Gasteiger partial charge in [-0.1, -0.05) is 86.9 Å². The molecule has 2 rings (SSSR count). The van der Waals surface area contributed by atoms with E-state index in [0.29, 0.717) is 0 Å². The van der Waals surface area contributed by atoms with E-state index in [0.717, 1.165) is 29.3 Å². The lowest BCUT2D eigenvalue weighted by atomic mass is 10.2. The molecule has 0 heterocycles. The fourth-order valence-electron chi connectivity index (χ4n) is 3.33. The number of benzene rings is 2. The van der Waals surface area contributed by atoms with Crippen LogP contribution in [0.1, 0.15) is 37.6 Å². The third kappa shape index (κ3) is 4.40. The summed E-state index contributed by atoms with van der Waals surface area (Å²) in [5.41, 5.74) is 1.63. The quantitative estimate of drug-likeness (QED) is 0.452. The zero-order valence-electron chi connectivity index (χ0n) is 15.5. The van der Waals surface area contributed by atoms with Gasteiger partial charge in [-0.15, -0.1) is 0 Å². The Morgan fingerprint density at radius 3 is 1.88 bits per heavy atom. The van der Waals surface area contributed by atoms with E-state index in [1.807, 2.05) is 37.3 Å². The predicted octanol–water partition coefficient (Wildman–Crippen LogP) is 5.49. The molecule has 0 saturated heterocycles. The van der Waals surface area contributed by atoms with E-state index in [-0.39, 0.29) is 10.6 Å². The monoisotopic (exact) mass is 376 g/mol. The summed E-state index contributed by atoms with van der Waals surface area (Å²) in [5.74, 6) is 0. The first kappa shape index (κ1) is 19.9. The van der Waals surface area contributed by atoms with E-state index in [1.54, 1.807) is 24.3 Å². The Kier molecular flexibility index (Phi) is 6.60. The van der Waals surface area contributed by atoms with E-state index < -0.39 is 18.2 Å². The van der Waals surface area contributed by atoms with Gasteiger partial charge < -0.3 is 0 Å². The molecule has 0 aliphatic rings. The lowest BCUT2D eigenvalue weighted by Gasteiger charge is -2.36. The van der Waals surface area contributed by atoms with Gasteiger partial charge in [-0.2, -0.15) is 8.42 Å². The van der Waals surface area contributed by atoms with Crippen molar-refractivity contribution in [3.8, 4) is 0 Å². The van der Waals surface area contributed by atoms with Gasteiger partial charge in [-0.3, -0.25) is 4.18 Å². The van der Waals surface area contributed by atoms with Crippen molar-refractivity contribution >= 4 is 18.2 Å². The second kappa shape index (κ2) is 8.30. The van der Waals surface area contributed by atoms with Crippen LogP contribution in [-0.2, 0) is 14.3 Å². The molecule has 2 aromatic carbocycles. The molecular weight excluding hydrogens is 348 g/mol. The Bertz CT molecular complexity index is 758. The summed E-state index contributed by atoms with van der Waals surface area (Å²) in [5, 5.41) is 0. The fraction of sp³-hybridized carbons (Fsp3) is 0.400. The Hall–Kier alpha value is -1.43. The van der Waals surface area contributed by atoms with Crippen molar-refractivity contribution in [1.82, 2.24) is 0 Å². The normalized spacial score (nSPS) is 13.6. The summed E-state index contributed by atoms with van der Waals surface area (Å²) < 4.78 is 31.8. The van der Waals surface area contributed by atoms with Crippen molar-refractivity contribution in [2.45, 2.75) is 56.4 Å². The second-order valence-corrected chi connectivity index (χ2v) is 13.5. The zero-order chi connectivity index (χ0) is 18.5. The van der Waals surface area contributed by atoms with Crippen molar-refractivity contribution in [3.63, 3.8) is 0 Å². The fourth-order valence-corrected chi connectivity index (χ4v) is 8.99. The molecule has 136 valence electrons. The molecule has 1 unspecified atom stereocenters. The van der Waals surface area contributed by atoms with E-state index in [2.05, 4.69) is 20.8 Å². The van der Waals surface area contributed by atoms with E-state index >= 15 is 0 Å². The van der Waals surface area contributed by atoms with E-state index in [1.165, 1.54) is 0 Å². The van der Waals surface area contributed by atoms with Crippen molar-refractivity contribution in [1.29, 1.82) is 0 Å². The number of rotatable bonds is 8. The van der Waals surface area contributed by atoms with Crippen LogP contribution in [0.25, 0.3) is 0 Å². The molecule has 0 spiro atoms. The first-order valence-corrected chi connectivity index (χ1v) is 13.0. The second-order valence-electron chi connectivity index (χ2n) is 6.58. The molecule has 25 heavy (non-hydrogen) atoms. The first-order chi connectivity index (χ1) is 11.9. The van der Waals surface area contributed by atoms with Crippen LogP contribution in [0.3, 0.4) is 0 Å². The number of hydrogen-bond acceptors (Lipinski definition) is 3. The SMILES string of the molecule is CC[Si](CC)(CC)C(OS(=O)(=O)c1ccc(C)cc1)c1ccccc1. The van der Waals surface area contributed by atoms with Gasteiger partial charge in [0.1, 0.15) is 0 Å². The van der Waals surface area contributed by atoms with Gasteiger partial charge in [-0.25, -0.2) is 0 Å². The molecule has 2 aromatic rings. The molecule has 0 fully saturated rings. The summed E-state index contributed by atoms with van der Waals surface area (Å²) >= 11 is 0. The Balaban J connectivity index is 2.48. The van der Waals surface area contributed by atoms with Crippen LogP contribution in [0, 0.1) is 6.92 Å². The molecular formula is C20H28O3SSi. The van der Waals surface area contributed by atoms with Gasteiger partial charge in [0.15, 0.2) is 0 Å². The summed E-state index contributed by atoms with van der Waals surface area (Å²) in [4.78, 5) is 0.227. The average Bonchev–Trinajstić information content (AvgIpc) is 2.63. The summed E-state index contributed by atoms with van der Waals surface area (Å²) in [6, 6.07) is 19.6. The lowest BCUT2D eigenvalue weighted by molar-refractivity contribution is 0.276.